The number of likely N-dealkylation sites (tertiary alicyclic amines) is 1. The monoisotopic (exact) mass is 739 g/mol. The van der Waals surface area contributed by atoms with Gasteiger partial charge in [0, 0.05) is 74.1 Å². The summed E-state index contributed by atoms with van der Waals surface area (Å²) < 4.78 is 0. The van der Waals surface area contributed by atoms with Crippen molar-refractivity contribution in [1.29, 1.82) is 0 Å². The van der Waals surface area contributed by atoms with Crippen LogP contribution in [-0.4, -0.2) is 94.6 Å². The third kappa shape index (κ3) is 7.40. The van der Waals surface area contributed by atoms with Crippen LogP contribution in [0.4, 0.5) is 0 Å². The van der Waals surface area contributed by atoms with Crippen molar-refractivity contribution in [1.82, 2.24) is 14.7 Å². The first-order chi connectivity index (χ1) is 24.3. The van der Waals surface area contributed by atoms with Crippen LogP contribution in [0.3, 0.4) is 0 Å². The van der Waals surface area contributed by atoms with Gasteiger partial charge in [0.25, 0.3) is 5.91 Å². The Morgan fingerprint density at radius 3 is 1.75 bits per heavy atom. The summed E-state index contributed by atoms with van der Waals surface area (Å²) >= 11 is 0. The number of ketones is 3. The molecule has 53 heavy (non-hydrogen) atoms. The first-order valence-electron chi connectivity index (χ1n) is 20.5. The molecule has 3 amide bonds. The molecule has 2 aliphatic heterocycles. The van der Waals surface area contributed by atoms with Gasteiger partial charge in [0.2, 0.25) is 17.6 Å². The number of nitrogens with two attached hydrogens (primary N) is 1. The molecule has 5 aliphatic rings. The number of amides is 3. The van der Waals surface area contributed by atoms with Gasteiger partial charge in [-0.15, -0.1) is 0 Å². The summed E-state index contributed by atoms with van der Waals surface area (Å²) in [5, 5.41) is 0. The van der Waals surface area contributed by atoms with Gasteiger partial charge in [-0.05, 0) is 74.2 Å². The molecule has 2 spiro atoms. The van der Waals surface area contributed by atoms with Gasteiger partial charge in [-0.3, -0.25) is 33.7 Å². The maximum Gasteiger partial charge on any atom is 0.285 e. The van der Waals surface area contributed by atoms with Crippen LogP contribution in [0.1, 0.15) is 140 Å². The second-order valence-corrected chi connectivity index (χ2v) is 21.2. The average molecular weight is 739 g/mol. The van der Waals surface area contributed by atoms with Crippen LogP contribution in [0, 0.1) is 50.7 Å². The van der Waals surface area contributed by atoms with E-state index in [1.165, 1.54) is 0 Å². The van der Waals surface area contributed by atoms with Crippen LogP contribution >= 0.6 is 0 Å². The SMILES string of the molecule is CN1CCN(C(=O)[C@@H](CC(=O)C[C@H](C(=O)N2C[C@]3(C[C@H]2C(=O)CC(CC2CCC2)C(=O)C(N)=O)C(C)(C)C32CCC2)C(C)(C)C)C(C)(C)C)CC1(C)C. The third-order valence-electron chi connectivity index (χ3n) is 15.5. The highest BCUT2D eigenvalue weighted by Crippen LogP contribution is 2.88. The number of Topliss-reactive ketones (excluding diaryl/α,β-unsaturated/α-hetero) is 3. The first-order valence-corrected chi connectivity index (χ1v) is 20.5. The number of primary amides is 1. The first kappa shape index (κ1) is 41.5. The van der Waals surface area contributed by atoms with E-state index in [1.807, 2.05) is 46.4 Å². The molecule has 0 aromatic rings. The number of carbonyl (C=O) groups is 6. The molecule has 10 heteroatoms. The summed E-state index contributed by atoms with van der Waals surface area (Å²) in [5.74, 6) is -3.93. The van der Waals surface area contributed by atoms with Crippen LogP contribution in [0.5, 0.6) is 0 Å². The molecule has 10 nitrogen and oxygen atoms in total. The van der Waals surface area contributed by atoms with Crippen molar-refractivity contribution in [2.45, 2.75) is 151 Å². The van der Waals surface area contributed by atoms with Gasteiger partial charge in [-0.2, -0.15) is 0 Å². The van der Waals surface area contributed by atoms with Crippen LogP contribution in [0.2, 0.25) is 0 Å². The summed E-state index contributed by atoms with van der Waals surface area (Å²) in [6, 6.07) is -0.726. The van der Waals surface area contributed by atoms with Gasteiger partial charge in [-0.1, -0.05) is 81.1 Å². The number of hydrogen-bond donors (Lipinski definition) is 1. The lowest BCUT2D eigenvalue weighted by Crippen LogP contribution is -2.60. The zero-order chi connectivity index (χ0) is 39.7. The van der Waals surface area contributed by atoms with E-state index in [1.54, 1.807) is 4.90 Å². The van der Waals surface area contributed by atoms with Gasteiger partial charge < -0.3 is 15.5 Å². The van der Waals surface area contributed by atoms with E-state index < -0.39 is 46.3 Å². The number of nitrogens with zero attached hydrogens (tertiary/aromatic N) is 3. The Balaban J connectivity index is 1.39. The molecule has 2 saturated heterocycles. The van der Waals surface area contributed by atoms with Crippen LogP contribution < -0.4 is 5.73 Å². The fourth-order valence-corrected chi connectivity index (χ4v) is 11.0. The van der Waals surface area contributed by atoms with Gasteiger partial charge in [0.1, 0.15) is 5.78 Å². The minimum atomic E-state index is -1.01. The lowest BCUT2D eigenvalue weighted by atomic mass is 9.72. The van der Waals surface area contributed by atoms with E-state index in [4.69, 9.17) is 5.73 Å². The summed E-state index contributed by atoms with van der Waals surface area (Å²) in [5.41, 5.74) is 4.06. The Morgan fingerprint density at radius 2 is 1.32 bits per heavy atom. The van der Waals surface area contributed by atoms with Crippen molar-refractivity contribution in [2.24, 2.45) is 56.5 Å². The standard InChI is InChI=1S/C43H70N4O6/c1-38(2,3)30(36(52)46-19-18-45(11)40(7,8)25-46)22-29(48)23-31(39(4,5)6)37(53)47-26-43(41(9,10)42(43)16-13-17-42)24-32(47)33(49)21-28(34(50)35(44)51)20-27-14-12-15-27/h27-28,30-32H,12-26H2,1-11H3,(H2,44,51)/t28?,30-,31-,32+,43-/m1/s1. The van der Waals surface area contributed by atoms with E-state index in [2.05, 4.69) is 39.6 Å². The van der Waals surface area contributed by atoms with Crippen molar-refractivity contribution >= 4 is 35.1 Å². The van der Waals surface area contributed by atoms with Gasteiger partial charge in [0.05, 0.1) is 6.04 Å². The zero-order valence-electron chi connectivity index (χ0n) is 34.9. The van der Waals surface area contributed by atoms with E-state index in [9.17, 15) is 24.0 Å². The summed E-state index contributed by atoms with van der Waals surface area (Å²) in [6.07, 6.45) is 7.23. The Morgan fingerprint density at radius 1 is 0.755 bits per heavy atom. The molecular formula is C43H70N4O6. The molecule has 3 aliphatic carbocycles. The Labute approximate surface area is 319 Å². The molecule has 5 fully saturated rings. The van der Waals surface area contributed by atoms with E-state index in [-0.39, 0.29) is 64.4 Å². The Hall–Kier alpha value is -2.62. The molecule has 0 aromatic carbocycles. The van der Waals surface area contributed by atoms with Crippen molar-refractivity contribution in [3.05, 3.63) is 0 Å². The second kappa shape index (κ2) is 14.1. The van der Waals surface area contributed by atoms with Crippen molar-refractivity contribution in [2.75, 3.05) is 33.2 Å². The fourth-order valence-electron chi connectivity index (χ4n) is 11.0. The lowest BCUT2D eigenvalue weighted by Gasteiger charge is -2.47. The average Bonchev–Trinajstić information content (AvgIpc) is 3.21. The van der Waals surface area contributed by atoms with Crippen LogP contribution in [0.15, 0.2) is 0 Å². The summed E-state index contributed by atoms with van der Waals surface area (Å²) in [6.45, 7) is 23.1. The van der Waals surface area contributed by atoms with Crippen molar-refractivity contribution in [3.8, 4) is 0 Å². The van der Waals surface area contributed by atoms with Gasteiger partial charge >= 0.3 is 0 Å². The Bertz CT molecular complexity index is 1490. The van der Waals surface area contributed by atoms with Gasteiger partial charge in [0.15, 0.2) is 5.78 Å². The zero-order valence-corrected chi connectivity index (χ0v) is 34.9. The highest BCUT2D eigenvalue weighted by atomic mass is 16.2. The quantitative estimate of drug-likeness (QED) is 0.235. The molecular weight excluding hydrogens is 668 g/mol. The van der Waals surface area contributed by atoms with E-state index >= 15 is 4.79 Å². The largest absolute Gasteiger partial charge is 0.363 e. The molecule has 298 valence electrons. The van der Waals surface area contributed by atoms with Gasteiger partial charge in [-0.25, -0.2) is 0 Å². The highest BCUT2D eigenvalue weighted by Gasteiger charge is 2.85. The predicted molar refractivity (Wildman–Crippen MR) is 205 cm³/mol. The number of carbonyl (C=O) groups excluding carboxylic acids is 6. The normalized spacial score (nSPS) is 28.2. The molecule has 2 heterocycles. The fraction of sp³-hybridized carbons (Fsp3) is 0.860. The number of hydrogen-bond acceptors (Lipinski definition) is 7. The Kier molecular flexibility index (Phi) is 11.1. The van der Waals surface area contributed by atoms with E-state index in [0.29, 0.717) is 38.4 Å². The number of rotatable bonds is 13. The highest BCUT2D eigenvalue weighted by molar-refractivity contribution is 6.36. The van der Waals surface area contributed by atoms with Crippen molar-refractivity contribution in [3.63, 3.8) is 0 Å². The molecule has 1 unspecified atom stereocenters. The molecule has 5 rings (SSSR count). The maximum absolute atomic E-state index is 15.0. The van der Waals surface area contributed by atoms with Crippen molar-refractivity contribution < 1.29 is 28.8 Å². The molecule has 3 saturated carbocycles. The topological polar surface area (TPSA) is 138 Å². The lowest BCUT2D eigenvalue weighted by molar-refractivity contribution is -0.148. The minimum absolute atomic E-state index is 0.0125. The number of fused-ring (bicyclic) bond motifs is 1. The summed E-state index contributed by atoms with van der Waals surface area (Å²) in [4.78, 5) is 88.8. The van der Waals surface area contributed by atoms with Crippen LogP contribution in [-0.2, 0) is 28.8 Å². The molecule has 0 bridgehead atoms. The molecule has 2 N–H and O–H groups in total. The predicted octanol–water partition coefficient (Wildman–Crippen LogP) is 5.83. The smallest absolute Gasteiger partial charge is 0.285 e. The summed E-state index contributed by atoms with van der Waals surface area (Å²) in [7, 11) is 2.07. The van der Waals surface area contributed by atoms with E-state index in [0.717, 1.165) is 45.1 Å². The molecule has 5 atom stereocenters. The third-order valence-corrected chi connectivity index (χ3v) is 15.5. The molecule has 0 aromatic heterocycles. The maximum atomic E-state index is 15.0. The number of piperazine rings is 1. The second-order valence-electron chi connectivity index (χ2n) is 21.2. The molecule has 0 radical (unpaired) electrons. The number of likely N-dealkylation sites (N-methyl/N-ethyl adjacent to an activating group) is 1. The minimum Gasteiger partial charge on any atom is -0.363 e. The van der Waals surface area contributed by atoms with Crippen LogP contribution in [0.25, 0.3) is 0 Å².